The third-order valence-corrected chi connectivity index (χ3v) is 3.87. The van der Waals surface area contributed by atoms with E-state index < -0.39 is 0 Å². The molecular formula is C13H22O2. The first-order valence-electron chi connectivity index (χ1n) is 6.48. The van der Waals surface area contributed by atoms with Crippen molar-refractivity contribution in [1.82, 2.24) is 0 Å². The average Bonchev–Trinajstić information content (AvgIpc) is 2.99. The van der Waals surface area contributed by atoms with Crippen molar-refractivity contribution in [2.45, 2.75) is 51.9 Å². The molecule has 86 valence electrons. The molecule has 0 aliphatic heterocycles. The van der Waals surface area contributed by atoms with Crippen molar-refractivity contribution in [3.63, 3.8) is 0 Å². The molecule has 0 saturated heterocycles. The van der Waals surface area contributed by atoms with Crippen molar-refractivity contribution in [3.05, 3.63) is 0 Å². The summed E-state index contributed by atoms with van der Waals surface area (Å²) >= 11 is 0. The largest absolute Gasteiger partial charge is 0.466 e. The van der Waals surface area contributed by atoms with Crippen molar-refractivity contribution in [2.75, 3.05) is 6.61 Å². The summed E-state index contributed by atoms with van der Waals surface area (Å²) in [5, 5.41) is 0. The standard InChI is InChI=1S/C13H22O2/c1-2-15-13(14)12-9-11(12)8-10-6-4-3-5-7-10/h10-12H,2-9H2,1H3. The van der Waals surface area contributed by atoms with E-state index in [0.717, 1.165) is 12.3 Å². The van der Waals surface area contributed by atoms with E-state index in [4.69, 9.17) is 4.74 Å². The maximum absolute atomic E-state index is 11.4. The Hall–Kier alpha value is -0.530. The third kappa shape index (κ3) is 2.96. The lowest BCUT2D eigenvalue weighted by Crippen LogP contribution is -2.11. The normalized spacial score (nSPS) is 31.3. The lowest BCUT2D eigenvalue weighted by molar-refractivity contribution is -0.145. The minimum atomic E-state index is 0.0540. The van der Waals surface area contributed by atoms with E-state index in [1.807, 2.05) is 6.92 Å². The summed E-state index contributed by atoms with van der Waals surface area (Å²) < 4.78 is 5.05. The van der Waals surface area contributed by atoms with Crippen LogP contribution in [0.15, 0.2) is 0 Å². The van der Waals surface area contributed by atoms with Crippen molar-refractivity contribution >= 4 is 5.97 Å². The number of ether oxygens (including phenoxy) is 1. The van der Waals surface area contributed by atoms with Gasteiger partial charge in [-0.1, -0.05) is 32.1 Å². The molecule has 0 heterocycles. The zero-order valence-corrected chi connectivity index (χ0v) is 9.71. The lowest BCUT2D eigenvalue weighted by atomic mass is 9.85. The van der Waals surface area contributed by atoms with Gasteiger partial charge in [0, 0.05) is 0 Å². The smallest absolute Gasteiger partial charge is 0.309 e. The summed E-state index contributed by atoms with van der Waals surface area (Å²) in [7, 11) is 0. The maximum Gasteiger partial charge on any atom is 0.309 e. The first-order chi connectivity index (χ1) is 7.31. The van der Waals surface area contributed by atoms with Crippen molar-refractivity contribution in [2.24, 2.45) is 17.8 Å². The fraction of sp³-hybridized carbons (Fsp3) is 0.923. The van der Waals surface area contributed by atoms with Crippen LogP contribution >= 0.6 is 0 Å². The average molecular weight is 210 g/mol. The van der Waals surface area contributed by atoms with Gasteiger partial charge in [-0.2, -0.15) is 0 Å². The van der Waals surface area contributed by atoms with Crippen LogP contribution in [0.4, 0.5) is 0 Å². The van der Waals surface area contributed by atoms with E-state index in [1.54, 1.807) is 0 Å². The molecule has 0 aromatic heterocycles. The zero-order chi connectivity index (χ0) is 10.7. The molecule has 2 aliphatic rings. The van der Waals surface area contributed by atoms with Gasteiger partial charge < -0.3 is 4.74 Å². The third-order valence-electron chi connectivity index (χ3n) is 3.87. The number of carbonyl (C=O) groups excluding carboxylic acids is 1. The number of rotatable bonds is 4. The van der Waals surface area contributed by atoms with E-state index in [9.17, 15) is 4.79 Å². The van der Waals surface area contributed by atoms with Crippen LogP contribution in [-0.2, 0) is 9.53 Å². The molecule has 0 aromatic carbocycles. The quantitative estimate of drug-likeness (QED) is 0.666. The van der Waals surface area contributed by atoms with E-state index in [2.05, 4.69) is 0 Å². The molecule has 2 saturated carbocycles. The molecular weight excluding hydrogens is 188 g/mol. The van der Waals surface area contributed by atoms with Crippen LogP contribution in [0.5, 0.6) is 0 Å². The highest BCUT2D eigenvalue weighted by Crippen LogP contribution is 2.46. The topological polar surface area (TPSA) is 26.3 Å². The predicted octanol–water partition coefficient (Wildman–Crippen LogP) is 3.16. The summed E-state index contributed by atoms with van der Waals surface area (Å²) in [6.07, 6.45) is 9.39. The van der Waals surface area contributed by atoms with Crippen molar-refractivity contribution < 1.29 is 9.53 Å². The highest BCUT2D eigenvalue weighted by molar-refractivity contribution is 5.75. The molecule has 15 heavy (non-hydrogen) atoms. The molecule has 2 rings (SSSR count). The van der Waals surface area contributed by atoms with Crippen LogP contribution in [0.2, 0.25) is 0 Å². The Morgan fingerprint density at radius 2 is 2.00 bits per heavy atom. The molecule has 0 N–H and O–H groups in total. The summed E-state index contributed by atoms with van der Waals surface area (Å²) in [6, 6.07) is 0. The Kier molecular flexibility index (Phi) is 3.66. The molecule has 0 radical (unpaired) electrons. The Morgan fingerprint density at radius 3 is 2.67 bits per heavy atom. The Bertz CT molecular complexity index is 219. The number of hydrogen-bond acceptors (Lipinski definition) is 2. The van der Waals surface area contributed by atoms with Gasteiger partial charge in [0.05, 0.1) is 12.5 Å². The van der Waals surface area contributed by atoms with Crippen LogP contribution in [-0.4, -0.2) is 12.6 Å². The van der Waals surface area contributed by atoms with Gasteiger partial charge in [0.2, 0.25) is 0 Å². The number of esters is 1. The minimum absolute atomic E-state index is 0.0540. The second-order valence-electron chi connectivity index (χ2n) is 5.09. The van der Waals surface area contributed by atoms with Gasteiger partial charge in [0.25, 0.3) is 0 Å². The van der Waals surface area contributed by atoms with Gasteiger partial charge in [0.15, 0.2) is 0 Å². The fourth-order valence-corrected chi connectivity index (χ4v) is 2.90. The summed E-state index contributed by atoms with van der Waals surface area (Å²) in [6.45, 7) is 2.42. The van der Waals surface area contributed by atoms with Crippen LogP contribution in [0.3, 0.4) is 0 Å². The molecule has 0 bridgehead atoms. The van der Waals surface area contributed by atoms with Gasteiger partial charge >= 0.3 is 5.97 Å². The monoisotopic (exact) mass is 210 g/mol. The molecule has 2 unspecified atom stereocenters. The highest BCUT2D eigenvalue weighted by Gasteiger charge is 2.44. The van der Waals surface area contributed by atoms with Gasteiger partial charge in [-0.05, 0) is 31.6 Å². The second-order valence-corrected chi connectivity index (χ2v) is 5.09. The highest BCUT2D eigenvalue weighted by atomic mass is 16.5. The molecule has 0 aromatic rings. The van der Waals surface area contributed by atoms with Crippen LogP contribution in [0.25, 0.3) is 0 Å². The number of carbonyl (C=O) groups is 1. The van der Waals surface area contributed by atoms with Crippen molar-refractivity contribution in [1.29, 1.82) is 0 Å². The molecule has 0 amide bonds. The van der Waals surface area contributed by atoms with E-state index in [0.29, 0.717) is 12.5 Å². The van der Waals surface area contributed by atoms with Gasteiger partial charge in [0.1, 0.15) is 0 Å². The van der Waals surface area contributed by atoms with Crippen molar-refractivity contribution in [3.8, 4) is 0 Å². The summed E-state index contributed by atoms with van der Waals surface area (Å²) in [5.74, 6) is 1.88. The predicted molar refractivity (Wildman–Crippen MR) is 59.4 cm³/mol. The molecule has 2 fully saturated rings. The fourth-order valence-electron chi connectivity index (χ4n) is 2.90. The number of hydrogen-bond donors (Lipinski definition) is 0. The van der Waals surface area contributed by atoms with Crippen LogP contribution in [0.1, 0.15) is 51.9 Å². The van der Waals surface area contributed by atoms with E-state index >= 15 is 0 Å². The summed E-state index contributed by atoms with van der Waals surface area (Å²) in [4.78, 5) is 11.4. The molecule has 2 heteroatoms. The second kappa shape index (κ2) is 5.00. The minimum Gasteiger partial charge on any atom is -0.466 e. The zero-order valence-electron chi connectivity index (χ0n) is 9.71. The van der Waals surface area contributed by atoms with Gasteiger partial charge in [-0.3, -0.25) is 4.79 Å². The first kappa shape index (κ1) is 11.0. The van der Waals surface area contributed by atoms with E-state index in [1.165, 1.54) is 38.5 Å². The maximum atomic E-state index is 11.4. The van der Waals surface area contributed by atoms with Crippen LogP contribution in [0, 0.1) is 17.8 Å². The van der Waals surface area contributed by atoms with E-state index in [-0.39, 0.29) is 11.9 Å². The molecule has 0 spiro atoms. The molecule has 2 aliphatic carbocycles. The first-order valence-corrected chi connectivity index (χ1v) is 6.48. The summed E-state index contributed by atoms with van der Waals surface area (Å²) in [5.41, 5.74) is 0. The van der Waals surface area contributed by atoms with Gasteiger partial charge in [-0.25, -0.2) is 0 Å². The SMILES string of the molecule is CCOC(=O)C1CC1CC1CCCCC1. The Balaban J connectivity index is 1.67. The van der Waals surface area contributed by atoms with Crippen LogP contribution < -0.4 is 0 Å². The molecule has 2 atom stereocenters. The lowest BCUT2D eigenvalue weighted by Gasteiger charge is -2.21. The molecule has 2 nitrogen and oxygen atoms in total. The Morgan fingerprint density at radius 1 is 1.27 bits per heavy atom. The Labute approximate surface area is 92.4 Å². The van der Waals surface area contributed by atoms with Gasteiger partial charge in [-0.15, -0.1) is 0 Å².